The summed E-state index contributed by atoms with van der Waals surface area (Å²) in [6, 6.07) is 1.91. The molecule has 0 spiro atoms. The maximum absolute atomic E-state index is 11.8. The molecule has 2 heterocycles. The van der Waals surface area contributed by atoms with Crippen molar-refractivity contribution in [2.75, 3.05) is 5.73 Å². The monoisotopic (exact) mass is 248 g/mol. The van der Waals surface area contributed by atoms with Crippen molar-refractivity contribution in [2.24, 2.45) is 0 Å². The Bertz CT molecular complexity index is 512. The first-order valence-electron chi connectivity index (χ1n) is 5.07. The number of hydrogen-bond donors (Lipinski definition) is 2. The minimum Gasteiger partial charge on any atom is -0.382 e. The van der Waals surface area contributed by atoms with Gasteiger partial charge in [0.15, 0.2) is 0 Å². The largest absolute Gasteiger partial charge is 0.382 e. The summed E-state index contributed by atoms with van der Waals surface area (Å²) in [5.74, 6) is -0.0377. The van der Waals surface area contributed by atoms with E-state index in [9.17, 15) is 4.79 Å². The van der Waals surface area contributed by atoms with Crippen LogP contribution in [0.15, 0.2) is 29.2 Å². The van der Waals surface area contributed by atoms with Gasteiger partial charge in [0.05, 0.1) is 18.4 Å². The molecule has 2 rings (SSSR count). The Morgan fingerprint density at radius 1 is 1.53 bits per heavy atom. The lowest BCUT2D eigenvalue weighted by Crippen LogP contribution is -2.27. The molecule has 1 atom stereocenters. The smallest absolute Gasteiger partial charge is 0.272 e. The van der Waals surface area contributed by atoms with E-state index in [1.54, 1.807) is 11.3 Å². The molecular weight excluding hydrogens is 236 g/mol. The van der Waals surface area contributed by atoms with Gasteiger partial charge in [0, 0.05) is 0 Å². The lowest BCUT2D eigenvalue weighted by Gasteiger charge is -2.11. The zero-order chi connectivity index (χ0) is 12.3. The van der Waals surface area contributed by atoms with Gasteiger partial charge in [-0.15, -0.1) is 0 Å². The highest BCUT2D eigenvalue weighted by Gasteiger charge is 2.13. The second-order valence-corrected chi connectivity index (χ2v) is 4.36. The van der Waals surface area contributed by atoms with E-state index in [1.165, 1.54) is 12.4 Å². The SMILES string of the molecule is CC(NC(=O)c1cncc(N)n1)c1ccsc1. The van der Waals surface area contributed by atoms with E-state index in [-0.39, 0.29) is 23.5 Å². The zero-order valence-corrected chi connectivity index (χ0v) is 10.1. The number of thiophene rings is 1. The Morgan fingerprint density at radius 3 is 3.00 bits per heavy atom. The Morgan fingerprint density at radius 2 is 2.35 bits per heavy atom. The summed E-state index contributed by atoms with van der Waals surface area (Å²) < 4.78 is 0. The summed E-state index contributed by atoms with van der Waals surface area (Å²) >= 11 is 1.59. The van der Waals surface area contributed by atoms with Crippen molar-refractivity contribution in [1.82, 2.24) is 15.3 Å². The van der Waals surface area contributed by atoms with E-state index in [0.29, 0.717) is 0 Å². The average molecular weight is 248 g/mol. The van der Waals surface area contributed by atoms with Crippen LogP contribution in [0.5, 0.6) is 0 Å². The Kier molecular flexibility index (Phi) is 3.34. The second kappa shape index (κ2) is 4.92. The summed E-state index contributed by atoms with van der Waals surface area (Å²) in [5, 5.41) is 6.80. The highest BCUT2D eigenvalue weighted by atomic mass is 32.1. The maximum Gasteiger partial charge on any atom is 0.272 e. The molecule has 6 heteroatoms. The maximum atomic E-state index is 11.8. The summed E-state index contributed by atoms with van der Waals surface area (Å²) in [6.07, 6.45) is 2.80. The van der Waals surface area contributed by atoms with Gasteiger partial charge in [-0.25, -0.2) is 4.98 Å². The molecule has 2 aromatic rings. The normalized spacial score (nSPS) is 12.1. The topological polar surface area (TPSA) is 80.9 Å². The molecule has 0 fully saturated rings. The molecule has 0 aliphatic heterocycles. The number of nitrogens with one attached hydrogen (secondary N) is 1. The van der Waals surface area contributed by atoms with Crippen molar-refractivity contribution in [3.8, 4) is 0 Å². The van der Waals surface area contributed by atoms with E-state index < -0.39 is 0 Å². The third kappa shape index (κ3) is 2.79. The van der Waals surface area contributed by atoms with Crippen molar-refractivity contribution < 1.29 is 4.79 Å². The van der Waals surface area contributed by atoms with Gasteiger partial charge < -0.3 is 11.1 Å². The number of amides is 1. The summed E-state index contributed by atoms with van der Waals surface area (Å²) in [7, 11) is 0. The van der Waals surface area contributed by atoms with Crippen LogP contribution < -0.4 is 11.1 Å². The van der Waals surface area contributed by atoms with Crippen LogP contribution in [0.1, 0.15) is 29.0 Å². The molecule has 1 amide bonds. The average Bonchev–Trinajstić information content (AvgIpc) is 2.82. The molecule has 0 radical (unpaired) electrons. The summed E-state index contributed by atoms with van der Waals surface area (Å²) in [4.78, 5) is 19.6. The first-order chi connectivity index (χ1) is 8.16. The fourth-order valence-corrected chi connectivity index (χ4v) is 2.12. The van der Waals surface area contributed by atoms with Crippen LogP contribution in [0.25, 0.3) is 0 Å². The molecule has 0 aliphatic carbocycles. The van der Waals surface area contributed by atoms with Crippen LogP contribution in [0.4, 0.5) is 5.82 Å². The van der Waals surface area contributed by atoms with E-state index in [4.69, 9.17) is 5.73 Å². The number of carbonyl (C=O) groups is 1. The molecule has 0 aromatic carbocycles. The molecule has 2 aromatic heterocycles. The molecule has 88 valence electrons. The molecule has 3 N–H and O–H groups in total. The van der Waals surface area contributed by atoms with Crippen molar-refractivity contribution in [3.63, 3.8) is 0 Å². The van der Waals surface area contributed by atoms with Gasteiger partial charge >= 0.3 is 0 Å². The van der Waals surface area contributed by atoms with E-state index in [0.717, 1.165) is 5.56 Å². The third-order valence-electron chi connectivity index (χ3n) is 2.28. The fourth-order valence-electron chi connectivity index (χ4n) is 1.37. The fraction of sp³-hybridized carbons (Fsp3) is 0.182. The number of aromatic nitrogens is 2. The molecule has 5 nitrogen and oxygen atoms in total. The minimum absolute atomic E-state index is 0.0584. The van der Waals surface area contributed by atoms with Gasteiger partial charge in [-0.1, -0.05) is 0 Å². The summed E-state index contributed by atoms with van der Waals surface area (Å²) in [5.41, 5.74) is 6.77. The van der Waals surface area contributed by atoms with Crippen molar-refractivity contribution in [1.29, 1.82) is 0 Å². The molecule has 0 aliphatic rings. The zero-order valence-electron chi connectivity index (χ0n) is 9.25. The highest BCUT2D eigenvalue weighted by molar-refractivity contribution is 7.07. The van der Waals surface area contributed by atoms with E-state index >= 15 is 0 Å². The van der Waals surface area contributed by atoms with Crippen molar-refractivity contribution in [2.45, 2.75) is 13.0 Å². The number of rotatable bonds is 3. The molecule has 0 saturated heterocycles. The number of nitrogens with two attached hydrogens (primary N) is 1. The molecule has 0 saturated carbocycles. The quantitative estimate of drug-likeness (QED) is 0.864. The molecule has 1 unspecified atom stereocenters. The number of nitrogens with zero attached hydrogens (tertiary/aromatic N) is 2. The van der Waals surface area contributed by atoms with Crippen LogP contribution >= 0.6 is 11.3 Å². The van der Waals surface area contributed by atoms with Crippen LogP contribution in [0, 0.1) is 0 Å². The predicted molar refractivity (Wildman–Crippen MR) is 66.6 cm³/mol. The Hall–Kier alpha value is -1.95. The van der Waals surface area contributed by atoms with E-state index in [2.05, 4.69) is 15.3 Å². The Labute approximate surface area is 103 Å². The number of anilines is 1. The summed E-state index contributed by atoms with van der Waals surface area (Å²) in [6.45, 7) is 1.92. The second-order valence-electron chi connectivity index (χ2n) is 3.58. The van der Waals surface area contributed by atoms with Crippen molar-refractivity contribution in [3.05, 3.63) is 40.5 Å². The van der Waals surface area contributed by atoms with Crippen LogP contribution in [0.2, 0.25) is 0 Å². The van der Waals surface area contributed by atoms with Gasteiger partial charge in [-0.3, -0.25) is 9.78 Å². The third-order valence-corrected chi connectivity index (χ3v) is 2.98. The molecule has 0 bridgehead atoms. The lowest BCUT2D eigenvalue weighted by molar-refractivity contribution is 0.0934. The number of nitrogen functional groups attached to an aromatic ring is 1. The van der Waals surface area contributed by atoms with Gasteiger partial charge in [0.2, 0.25) is 0 Å². The lowest BCUT2D eigenvalue weighted by atomic mass is 10.2. The van der Waals surface area contributed by atoms with Crippen molar-refractivity contribution >= 4 is 23.1 Å². The van der Waals surface area contributed by atoms with Crippen LogP contribution in [0.3, 0.4) is 0 Å². The van der Waals surface area contributed by atoms with Crippen LogP contribution in [-0.2, 0) is 0 Å². The van der Waals surface area contributed by atoms with E-state index in [1.807, 2.05) is 23.8 Å². The number of carbonyl (C=O) groups excluding carboxylic acids is 1. The standard InChI is InChI=1S/C11H12N4OS/c1-7(8-2-3-17-6-8)14-11(16)9-4-13-5-10(12)15-9/h2-7H,1H3,(H2,12,15)(H,14,16). The van der Waals surface area contributed by atoms with Gasteiger partial charge in [-0.2, -0.15) is 11.3 Å². The Balaban J connectivity index is 2.07. The predicted octanol–water partition coefficient (Wildman–Crippen LogP) is 1.61. The molecule has 17 heavy (non-hydrogen) atoms. The minimum atomic E-state index is -0.275. The molecular formula is C11H12N4OS. The van der Waals surface area contributed by atoms with Gasteiger partial charge in [0.1, 0.15) is 11.5 Å². The first kappa shape index (κ1) is 11.5. The van der Waals surface area contributed by atoms with Gasteiger partial charge in [0.25, 0.3) is 5.91 Å². The first-order valence-corrected chi connectivity index (χ1v) is 6.01. The number of hydrogen-bond acceptors (Lipinski definition) is 5. The highest BCUT2D eigenvalue weighted by Crippen LogP contribution is 2.15. The van der Waals surface area contributed by atoms with Crippen LogP contribution in [-0.4, -0.2) is 15.9 Å². The van der Waals surface area contributed by atoms with Gasteiger partial charge in [-0.05, 0) is 29.3 Å².